The van der Waals surface area contributed by atoms with Gasteiger partial charge in [0.2, 0.25) is 0 Å². The van der Waals surface area contributed by atoms with Crippen molar-refractivity contribution in [1.29, 1.82) is 0 Å². The Labute approximate surface area is 161 Å². The van der Waals surface area contributed by atoms with E-state index in [9.17, 15) is 0 Å². The SMILES string of the molecule is CC(C)(C)CN1CC(CN2CCC(OC3CC(OC(C)(C)C)C3)CC2)C1. The predicted octanol–water partition coefficient (Wildman–Crippen LogP) is 3.79. The molecule has 0 aromatic carbocycles. The van der Waals surface area contributed by atoms with E-state index in [1.54, 1.807) is 0 Å². The van der Waals surface area contributed by atoms with Gasteiger partial charge in [-0.05, 0) is 57.8 Å². The van der Waals surface area contributed by atoms with Gasteiger partial charge in [0, 0.05) is 39.3 Å². The first-order chi connectivity index (χ1) is 12.1. The molecule has 4 heteroatoms. The Morgan fingerprint density at radius 1 is 0.808 bits per heavy atom. The van der Waals surface area contributed by atoms with Crippen LogP contribution in [0, 0.1) is 11.3 Å². The molecular formula is C22H42N2O2. The molecule has 1 saturated carbocycles. The molecule has 2 heterocycles. The third-order valence-electron chi connectivity index (χ3n) is 5.74. The van der Waals surface area contributed by atoms with Crippen LogP contribution in [0.5, 0.6) is 0 Å². The van der Waals surface area contributed by atoms with Crippen LogP contribution in [0.25, 0.3) is 0 Å². The van der Waals surface area contributed by atoms with Crippen molar-refractivity contribution in [2.45, 2.75) is 91.1 Å². The third kappa shape index (κ3) is 6.47. The zero-order chi connectivity index (χ0) is 18.9. The normalized spacial score (nSPS) is 30.2. The maximum Gasteiger partial charge on any atom is 0.0631 e. The molecule has 0 unspecified atom stereocenters. The summed E-state index contributed by atoms with van der Waals surface area (Å²) >= 11 is 0. The molecule has 3 fully saturated rings. The van der Waals surface area contributed by atoms with Crippen molar-refractivity contribution in [2.24, 2.45) is 11.3 Å². The van der Waals surface area contributed by atoms with Crippen molar-refractivity contribution in [2.75, 3.05) is 39.3 Å². The van der Waals surface area contributed by atoms with Crippen LogP contribution in [0.4, 0.5) is 0 Å². The minimum atomic E-state index is -0.0229. The van der Waals surface area contributed by atoms with Crippen molar-refractivity contribution in [1.82, 2.24) is 9.80 Å². The molecule has 2 saturated heterocycles. The minimum Gasteiger partial charge on any atom is -0.375 e. The molecule has 2 aliphatic heterocycles. The number of ether oxygens (including phenoxy) is 2. The Bertz CT molecular complexity index is 392. The summed E-state index contributed by atoms with van der Waals surface area (Å²) < 4.78 is 12.3. The van der Waals surface area contributed by atoms with Gasteiger partial charge in [0.25, 0.3) is 0 Å². The Kier molecular flexibility index (Phi) is 6.38. The summed E-state index contributed by atoms with van der Waals surface area (Å²) in [7, 11) is 0. The Morgan fingerprint density at radius 2 is 1.42 bits per heavy atom. The molecule has 0 amide bonds. The van der Waals surface area contributed by atoms with Crippen LogP contribution in [0.1, 0.15) is 67.2 Å². The van der Waals surface area contributed by atoms with Gasteiger partial charge in [0.1, 0.15) is 0 Å². The van der Waals surface area contributed by atoms with Crippen LogP contribution in [0.2, 0.25) is 0 Å². The summed E-state index contributed by atoms with van der Waals surface area (Å²) in [5.74, 6) is 0.886. The Hall–Kier alpha value is -0.160. The molecule has 26 heavy (non-hydrogen) atoms. The zero-order valence-electron chi connectivity index (χ0n) is 18.1. The van der Waals surface area contributed by atoms with Gasteiger partial charge < -0.3 is 19.3 Å². The molecule has 4 nitrogen and oxygen atoms in total. The molecule has 0 radical (unpaired) electrons. The second kappa shape index (κ2) is 8.06. The van der Waals surface area contributed by atoms with E-state index in [1.165, 1.54) is 52.1 Å². The molecule has 0 aromatic heterocycles. The van der Waals surface area contributed by atoms with Crippen LogP contribution in [0.15, 0.2) is 0 Å². The smallest absolute Gasteiger partial charge is 0.0631 e. The van der Waals surface area contributed by atoms with Crippen LogP contribution in [0.3, 0.4) is 0 Å². The number of likely N-dealkylation sites (tertiary alicyclic amines) is 2. The van der Waals surface area contributed by atoms with E-state index >= 15 is 0 Å². The van der Waals surface area contributed by atoms with Crippen molar-refractivity contribution in [3.63, 3.8) is 0 Å². The molecule has 3 aliphatic rings. The lowest BCUT2D eigenvalue weighted by molar-refractivity contribution is -0.168. The van der Waals surface area contributed by atoms with Crippen LogP contribution in [-0.4, -0.2) is 73.0 Å². The van der Waals surface area contributed by atoms with Crippen LogP contribution in [-0.2, 0) is 9.47 Å². The van der Waals surface area contributed by atoms with Crippen LogP contribution < -0.4 is 0 Å². The van der Waals surface area contributed by atoms with Crippen LogP contribution >= 0.6 is 0 Å². The summed E-state index contributed by atoms with van der Waals surface area (Å²) in [6, 6.07) is 0. The van der Waals surface area contributed by atoms with E-state index < -0.39 is 0 Å². The fraction of sp³-hybridized carbons (Fsp3) is 1.00. The fourth-order valence-electron chi connectivity index (χ4n) is 4.68. The van der Waals surface area contributed by atoms with E-state index in [0.717, 1.165) is 18.8 Å². The number of hydrogen-bond acceptors (Lipinski definition) is 4. The summed E-state index contributed by atoms with van der Waals surface area (Å²) in [5.41, 5.74) is 0.407. The van der Waals surface area contributed by atoms with Crippen molar-refractivity contribution in [3.8, 4) is 0 Å². The Balaban J connectivity index is 1.25. The van der Waals surface area contributed by atoms with Gasteiger partial charge in [0.15, 0.2) is 0 Å². The number of hydrogen-bond donors (Lipinski definition) is 0. The summed E-state index contributed by atoms with van der Waals surface area (Å²) in [5, 5.41) is 0. The second-order valence-corrected chi connectivity index (χ2v) is 11.2. The minimum absolute atomic E-state index is 0.0229. The third-order valence-corrected chi connectivity index (χ3v) is 5.74. The van der Waals surface area contributed by atoms with E-state index in [2.05, 4.69) is 51.3 Å². The highest BCUT2D eigenvalue weighted by molar-refractivity contribution is 4.88. The number of piperidine rings is 1. The average Bonchev–Trinajstić information content (AvgIpc) is 2.42. The van der Waals surface area contributed by atoms with Gasteiger partial charge in [-0.15, -0.1) is 0 Å². The molecule has 3 rings (SSSR count). The molecule has 0 N–H and O–H groups in total. The highest BCUT2D eigenvalue weighted by Gasteiger charge is 2.36. The molecule has 1 aliphatic carbocycles. The Morgan fingerprint density at radius 3 is 1.96 bits per heavy atom. The first kappa shape index (κ1) is 20.6. The topological polar surface area (TPSA) is 24.9 Å². The second-order valence-electron chi connectivity index (χ2n) is 11.2. The van der Waals surface area contributed by atoms with Gasteiger partial charge in [-0.25, -0.2) is 0 Å². The molecule has 0 atom stereocenters. The number of rotatable bonds is 6. The van der Waals surface area contributed by atoms with Gasteiger partial charge in [-0.2, -0.15) is 0 Å². The fourth-order valence-corrected chi connectivity index (χ4v) is 4.68. The highest BCUT2D eigenvalue weighted by atomic mass is 16.5. The molecule has 0 spiro atoms. The van der Waals surface area contributed by atoms with E-state index in [1.807, 2.05) is 0 Å². The van der Waals surface area contributed by atoms with Gasteiger partial charge >= 0.3 is 0 Å². The lowest BCUT2D eigenvalue weighted by atomic mass is 9.90. The van der Waals surface area contributed by atoms with E-state index in [4.69, 9.17) is 9.47 Å². The standard InChI is InChI=1S/C22H42N2O2/c1-21(2,3)16-24-14-17(15-24)13-23-9-7-18(8-10-23)25-19-11-20(12-19)26-22(4,5)6/h17-20H,7-16H2,1-6H3. The van der Waals surface area contributed by atoms with Gasteiger partial charge in [-0.1, -0.05) is 20.8 Å². The largest absolute Gasteiger partial charge is 0.375 e. The molecular weight excluding hydrogens is 324 g/mol. The summed E-state index contributed by atoms with van der Waals surface area (Å²) in [6.45, 7) is 21.0. The lowest BCUT2D eigenvalue weighted by Gasteiger charge is -2.46. The first-order valence-corrected chi connectivity index (χ1v) is 10.8. The van der Waals surface area contributed by atoms with Gasteiger partial charge in [-0.3, -0.25) is 0 Å². The average molecular weight is 367 g/mol. The summed E-state index contributed by atoms with van der Waals surface area (Å²) in [6.07, 6.45) is 5.92. The van der Waals surface area contributed by atoms with Gasteiger partial charge in [0.05, 0.1) is 23.9 Å². The molecule has 0 bridgehead atoms. The van der Waals surface area contributed by atoms with Crippen molar-refractivity contribution >= 4 is 0 Å². The predicted molar refractivity (Wildman–Crippen MR) is 108 cm³/mol. The van der Waals surface area contributed by atoms with E-state index in [0.29, 0.717) is 23.7 Å². The monoisotopic (exact) mass is 366 g/mol. The van der Waals surface area contributed by atoms with E-state index in [-0.39, 0.29) is 5.60 Å². The highest BCUT2D eigenvalue weighted by Crippen LogP contribution is 2.32. The first-order valence-electron chi connectivity index (χ1n) is 10.8. The van der Waals surface area contributed by atoms with Crippen molar-refractivity contribution < 1.29 is 9.47 Å². The molecule has 152 valence electrons. The quantitative estimate of drug-likeness (QED) is 0.714. The lowest BCUT2D eigenvalue weighted by Crippen LogP contribution is -2.54. The zero-order valence-corrected chi connectivity index (χ0v) is 18.1. The molecule has 0 aromatic rings. The van der Waals surface area contributed by atoms with Crippen molar-refractivity contribution in [3.05, 3.63) is 0 Å². The number of nitrogens with zero attached hydrogens (tertiary/aromatic N) is 2. The maximum absolute atomic E-state index is 6.32. The summed E-state index contributed by atoms with van der Waals surface area (Å²) in [4.78, 5) is 5.29. The maximum atomic E-state index is 6.32.